The van der Waals surface area contributed by atoms with Gasteiger partial charge in [-0.05, 0) is 97.4 Å². The van der Waals surface area contributed by atoms with Crippen LogP contribution < -0.4 is 15.9 Å². The highest BCUT2D eigenvalue weighted by molar-refractivity contribution is 8.18. The van der Waals surface area contributed by atoms with E-state index in [2.05, 4.69) is 47.3 Å². The summed E-state index contributed by atoms with van der Waals surface area (Å²) in [5.74, 6) is 0.280. The Balaban J connectivity index is 1.55. The van der Waals surface area contributed by atoms with Crippen LogP contribution in [0.1, 0.15) is 44.4 Å². The van der Waals surface area contributed by atoms with E-state index in [4.69, 9.17) is 4.99 Å². The van der Waals surface area contributed by atoms with E-state index in [1.807, 2.05) is 18.2 Å². The van der Waals surface area contributed by atoms with E-state index in [0.29, 0.717) is 24.4 Å². The molecule has 0 bridgehead atoms. The quantitative estimate of drug-likeness (QED) is 0.541. The van der Waals surface area contributed by atoms with Gasteiger partial charge in [0.15, 0.2) is 0 Å². The van der Waals surface area contributed by atoms with Gasteiger partial charge in [0.2, 0.25) is 0 Å². The van der Waals surface area contributed by atoms with Crippen LogP contribution in [0.25, 0.3) is 12.2 Å². The first-order valence-corrected chi connectivity index (χ1v) is 13.4. The summed E-state index contributed by atoms with van der Waals surface area (Å²) >= 11 is 1.16. The van der Waals surface area contributed by atoms with Gasteiger partial charge in [0.05, 0.1) is 34.3 Å². The number of nitriles is 1. The lowest BCUT2D eigenvalue weighted by molar-refractivity contribution is 0.265. The minimum absolute atomic E-state index is 0.0992. The van der Waals surface area contributed by atoms with Crippen molar-refractivity contribution in [1.29, 1.82) is 5.26 Å². The minimum atomic E-state index is -0.794. The highest BCUT2D eigenvalue weighted by Crippen LogP contribution is 2.29. The summed E-state index contributed by atoms with van der Waals surface area (Å²) in [7, 11) is 0. The first kappa shape index (κ1) is 26.8. The zero-order valence-electron chi connectivity index (χ0n) is 21.7. The smallest absolute Gasteiger partial charge is 0.289 e. The molecule has 6 nitrogen and oxygen atoms in total. The molecule has 2 aromatic carbocycles. The van der Waals surface area contributed by atoms with Crippen LogP contribution in [0.4, 0.5) is 9.18 Å². The van der Waals surface area contributed by atoms with Gasteiger partial charge >= 0.3 is 0 Å². The molecule has 2 aliphatic heterocycles. The average molecular weight is 518 g/mol. The predicted molar refractivity (Wildman–Crippen MR) is 148 cm³/mol. The fraction of sp³-hybridized carbons (Fsp3) is 0.379. The Morgan fingerprint density at radius 1 is 1.24 bits per heavy atom. The minimum Gasteiger partial charge on any atom is -0.302 e. The van der Waals surface area contributed by atoms with Crippen LogP contribution in [0, 0.1) is 17.1 Å². The van der Waals surface area contributed by atoms with Crippen molar-refractivity contribution in [2.45, 2.75) is 45.6 Å². The van der Waals surface area contributed by atoms with Crippen molar-refractivity contribution in [3.05, 3.63) is 74.4 Å². The highest BCUT2D eigenvalue weighted by atomic mass is 32.2. The molecular formula is C29H32FN5OS. The van der Waals surface area contributed by atoms with E-state index < -0.39 is 5.41 Å². The van der Waals surface area contributed by atoms with Crippen LogP contribution >= 0.6 is 11.8 Å². The van der Waals surface area contributed by atoms with Crippen LogP contribution in [-0.4, -0.2) is 48.2 Å². The molecular weight excluding hydrogens is 485 g/mol. The monoisotopic (exact) mass is 517 g/mol. The van der Waals surface area contributed by atoms with Crippen molar-refractivity contribution in [2.75, 3.05) is 26.2 Å². The first-order valence-electron chi connectivity index (χ1n) is 12.6. The maximum absolute atomic E-state index is 14.0. The van der Waals surface area contributed by atoms with E-state index >= 15 is 0 Å². The van der Waals surface area contributed by atoms with Gasteiger partial charge in [0, 0.05) is 6.54 Å². The number of aliphatic imine (C=N–C) groups is 1. The van der Waals surface area contributed by atoms with Gasteiger partial charge in [-0.15, -0.1) is 0 Å². The number of carbonyl (C=O) groups is 1. The van der Waals surface area contributed by atoms with E-state index in [9.17, 15) is 14.4 Å². The number of benzene rings is 2. The third-order valence-electron chi connectivity index (χ3n) is 6.72. The lowest BCUT2D eigenvalue weighted by Crippen LogP contribution is -2.27. The van der Waals surface area contributed by atoms with Crippen LogP contribution in [0.3, 0.4) is 0 Å². The largest absolute Gasteiger partial charge is 0.302 e. The topological polar surface area (TPSA) is 80.9 Å². The lowest BCUT2D eigenvalue weighted by Gasteiger charge is -2.21. The Morgan fingerprint density at radius 3 is 2.76 bits per heavy atom. The molecule has 0 aromatic heterocycles. The number of fused-ring (bicyclic) bond motifs is 1. The third kappa shape index (κ3) is 6.35. The van der Waals surface area contributed by atoms with Gasteiger partial charge < -0.3 is 10.2 Å². The highest BCUT2D eigenvalue weighted by Gasteiger charge is 2.26. The number of thioether (sulfide) groups is 1. The predicted octanol–water partition coefficient (Wildman–Crippen LogP) is 4.19. The summed E-state index contributed by atoms with van der Waals surface area (Å²) in [4.78, 5) is 24.6. The van der Waals surface area contributed by atoms with E-state index in [1.54, 1.807) is 19.9 Å². The molecule has 0 unspecified atom stereocenters. The molecule has 1 saturated heterocycles. The third-order valence-corrected chi connectivity index (χ3v) is 7.54. The second kappa shape index (κ2) is 11.4. The van der Waals surface area contributed by atoms with Crippen molar-refractivity contribution >= 4 is 35.0 Å². The second-order valence-electron chi connectivity index (χ2n) is 9.70. The van der Waals surface area contributed by atoms with Crippen molar-refractivity contribution < 1.29 is 9.18 Å². The SMILES string of the molecule is CCN(CC)CCN=C1NC(=O)S/C1=C\c1ccc2c(c1)=C[C@H](Cc1ccc(F)cc1C(C)(C)C#N)N=2. The number of amidine groups is 1. The number of nitrogens with zero attached hydrogens (tertiary/aromatic N) is 4. The summed E-state index contributed by atoms with van der Waals surface area (Å²) in [5.41, 5.74) is 1.79. The van der Waals surface area contributed by atoms with E-state index in [1.165, 1.54) is 12.1 Å². The fourth-order valence-corrected chi connectivity index (χ4v) is 5.33. The summed E-state index contributed by atoms with van der Waals surface area (Å²) in [6.07, 6.45) is 4.67. The van der Waals surface area contributed by atoms with Crippen molar-refractivity contribution in [3.8, 4) is 6.07 Å². The van der Waals surface area contributed by atoms with E-state index in [0.717, 1.165) is 58.0 Å². The summed E-state index contributed by atoms with van der Waals surface area (Å²) in [6.45, 7) is 11.3. The molecule has 8 heteroatoms. The lowest BCUT2D eigenvalue weighted by atomic mass is 9.81. The number of carbonyl (C=O) groups excluding carboxylic acids is 1. The van der Waals surface area contributed by atoms with Crippen LogP contribution in [0.5, 0.6) is 0 Å². The van der Waals surface area contributed by atoms with Crippen molar-refractivity contribution in [2.24, 2.45) is 9.98 Å². The Kier molecular flexibility index (Phi) is 8.25. The van der Waals surface area contributed by atoms with Crippen molar-refractivity contribution in [1.82, 2.24) is 10.2 Å². The number of hydrogen-bond donors (Lipinski definition) is 1. The first-order chi connectivity index (χ1) is 17.7. The number of likely N-dealkylation sites (N-methyl/N-ethyl adjacent to an activating group) is 1. The molecule has 0 aliphatic carbocycles. The van der Waals surface area contributed by atoms with Crippen LogP contribution in [-0.2, 0) is 11.8 Å². The zero-order valence-corrected chi connectivity index (χ0v) is 22.5. The normalized spacial score (nSPS) is 19.1. The van der Waals surface area contributed by atoms with Crippen LogP contribution in [0.2, 0.25) is 0 Å². The van der Waals surface area contributed by atoms with Gasteiger partial charge in [-0.1, -0.05) is 32.1 Å². The van der Waals surface area contributed by atoms with Gasteiger partial charge in [0.25, 0.3) is 5.24 Å². The molecule has 0 spiro atoms. The fourth-order valence-electron chi connectivity index (χ4n) is 4.58. The number of halogens is 1. The number of hydrogen-bond acceptors (Lipinski definition) is 6. The molecule has 2 heterocycles. The molecule has 0 saturated carbocycles. The van der Waals surface area contributed by atoms with E-state index in [-0.39, 0.29) is 17.1 Å². The molecule has 0 radical (unpaired) electrons. The zero-order chi connectivity index (χ0) is 26.6. The van der Waals surface area contributed by atoms with Gasteiger partial charge in [-0.3, -0.25) is 14.8 Å². The molecule has 1 amide bonds. The van der Waals surface area contributed by atoms with Gasteiger partial charge in [-0.25, -0.2) is 4.39 Å². The molecule has 1 N–H and O–H groups in total. The molecule has 192 valence electrons. The number of nitrogens with one attached hydrogen (secondary N) is 1. The summed E-state index contributed by atoms with van der Waals surface area (Å²) in [6, 6.07) is 12.9. The van der Waals surface area contributed by atoms with Gasteiger partial charge in [0.1, 0.15) is 11.7 Å². The maximum atomic E-state index is 14.0. The average Bonchev–Trinajstić information content (AvgIpc) is 3.44. The number of rotatable bonds is 9. The number of amides is 1. The summed E-state index contributed by atoms with van der Waals surface area (Å²) < 4.78 is 14.0. The second-order valence-corrected chi connectivity index (χ2v) is 10.7. The summed E-state index contributed by atoms with van der Waals surface area (Å²) in [5, 5.41) is 14.3. The molecule has 1 atom stereocenters. The standard InChI is InChI=1S/C29H32FN5OS/c1-5-35(6-2)12-11-32-27-26(37-28(36)34-27)14-19-7-10-25-21(13-19)16-23(33-25)15-20-8-9-22(30)17-24(20)29(3,4)18-31/h7-10,13-14,16-17,23H,5-6,11-12,15H2,1-4H3,(H,32,34,36)/b26-14-/t23-/m0/s1. The maximum Gasteiger partial charge on any atom is 0.289 e. The van der Waals surface area contributed by atoms with Crippen LogP contribution in [0.15, 0.2) is 51.3 Å². The Bertz CT molecular complexity index is 1420. The molecule has 37 heavy (non-hydrogen) atoms. The Morgan fingerprint density at radius 2 is 2.03 bits per heavy atom. The molecule has 1 fully saturated rings. The Hall–Kier alpha value is -3.28. The van der Waals surface area contributed by atoms with Crippen molar-refractivity contribution in [3.63, 3.8) is 0 Å². The molecule has 2 aliphatic rings. The van der Waals surface area contributed by atoms with Gasteiger partial charge in [-0.2, -0.15) is 5.26 Å². The molecule has 2 aromatic rings. The molecule has 4 rings (SSSR count). The Labute approximate surface area is 221 Å².